The van der Waals surface area contributed by atoms with E-state index in [0.717, 1.165) is 20.7 Å². The van der Waals surface area contributed by atoms with E-state index in [4.69, 9.17) is 34.8 Å². The lowest BCUT2D eigenvalue weighted by molar-refractivity contribution is 0.889. The van der Waals surface area contributed by atoms with Gasteiger partial charge < -0.3 is 0 Å². The summed E-state index contributed by atoms with van der Waals surface area (Å²) in [5.41, 5.74) is 2.11. The molecule has 3 rings (SSSR count). The van der Waals surface area contributed by atoms with Crippen LogP contribution >= 0.6 is 57.4 Å². The fourth-order valence-electron chi connectivity index (χ4n) is 2.02. The normalized spacial score (nSPS) is 14.6. The molecule has 0 radical (unpaired) electrons. The number of halogens is 4. The Balaban J connectivity index is 1.92. The van der Waals surface area contributed by atoms with Crippen molar-refractivity contribution in [2.75, 3.05) is 0 Å². The molecule has 0 amide bonds. The van der Waals surface area contributed by atoms with Crippen LogP contribution in [0.15, 0.2) is 18.2 Å². The molecule has 20 heavy (non-hydrogen) atoms. The topological polar surface area (TPSA) is 25.8 Å². The van der Waals surface area contributed by atoms with Gasteiger partial charge >= 0.3 is 0 Å². The molecule has 0 unspecified atom stereocenters. The van der Waals surface area contributed by atoms with E-state index in [9.17, 15) is 0 Å². The molecule has 1 saturated carbocycles. The standard InChI is InChI=1S/C14H10Cl3IN2/c15-9-4-1-7(5-10(9)16)6-11-19-13(8-2-3-8)12(18)14(17)20-11/h1,4-5,8H,2-3,6H2. The molecule has 0 atom stereocenters. The minimum absolute atomic E-state index is 0.539. The van der Waals surface area contributed by atoms with E-state index >= 15 is 0 Å². The minimum atomic E-state index is 0.539. The molecular formula is C14H10Cl3IN2. The van der Waals surface area contributed by atoms with Gasteiger partial charge in [-0.05, 0) is 53.1 Å². The van der Waals surface area contributed by atoms with Crippen LogP contribution in [0.4, 0.5) is 0 Å². The van der Waals surface area contributed by atoms with Crippen molar-refractivity contribution in [3.8, 4) is 0 Å². The second kappa shape index (κ2) is 5.95. The van der Waals surface area contributed by atoms with Gasteiger partial charge in [0.1, 0.15) is 11.0 Å². The van der Waals surface area contributed by atoms with Crippen LogP contribution in [0.5, 0.6) is 0 Å². The molecule has 0 spiro atoms. The SMILES string of the molecule is Clc1ccc(Cc2nc(Cl)c(I)c(C3CC3)n2)cc1Cl. The van der Waals surface area contributed by atoms with Gasteiger partial charge in [-0.2, -0.15) is 0 Å². The summed E-state index contributed by atoms with van der Waals surface area (Å²) in [5, 5.41) is 1.64. The average Bonchev–Trinajstić information content (AvgIpc) is 3.22. The summed E-state index contributed by atoms with van der Waals surface area (Å²) in [6, 6.07) is 5.56. The highest BCUT2D eigenvalue weighted by molar-refractivity contribution is 14.1. The number of aromatic nitrogens is 2. The van der Waals surface area contributed by atoms with Gasteiger partial charge in [-0.15, -0.1) is 0 Å². The lowest BCUT2D eigenvalue weighted by atomic mass is 10.1. The highest BCUT2D eigenvalue weighted by Gasteiger charge is 2.29. The fourth-order valence-corrected chi connectivity index (χ4v) is 3.22. The van der Waals surface area contributed by atoms with E-state index in [-0.39, 0.29) is 0 Å². The fraction of sp³-hybridized carbons (Fsp3) is 0.286. The molecule has 1 aromatic carbocycles. The Kier molecular flexibility index (Phi) is 4.41. The lowest BCUT2D eigenvalue weighted by Crippen LogP contribution is -2.03. The van der Waals surface area contributed by atoms with Crippen LogP contribution in [0, 0.1) is 3.57 Å². The number of hydrogen-bond donors (Lipinski definition) is 0. The molecular weight excluding hydrogens is 429 g/mol. The highest BCUT2D eigenvalue weighted by atomic mass is 127. The van der Waals surface area contributed by atoms with Crippen molar-refractivity contribution in [3.05, 3.63) is 54.0 Å². The Morgan fingerprint density at radius 2 is 1.85 bits per heavy atom. The summed E-state index contributed by atoms with van der Waals surface area (Å²) in [6.07, 6.45) is 2.98. The summed E-state index contributed by atoms with van der Waals surface area (Å²) in [6.45, 7) is 0. The van der Waals surface area contributed by atoms with Gasteiger partial charge in [0.25, 0.3) is 0 Å². The zero-order valence-electron chi connectivity index (χ0n) is 10.3. The van der Waals surface area contributed by atoms with Gasteiger partial charge in [-0.3, -0.25) is 0 Å². The molecule has 6 heteroatoms. The molecule has 104 valence electrons. The predicted molar refractivity (Wildman–Crippen MR) is 91.0 cm³/mol. The molecule has 1 aromatic heterocycles. The van der Waals surface area contributed by atoms with Crippen molar-refractivity contribution in [2.45, 2.75) is 25.2 Å². The van der Waals surface area contributed by atoms with Crippen LogP contribution in [0.25, 0.3) is 0 Å². The summed E-state index contributed by atoms with van der Waals surface area (Å²) in [4.78, 5) is 9.03. The third kappa shape index (κ3) is 3.21. The van der Waals surface area contributed by atoms with E-state index < -0.39 is 0 Å². The Morgan fingerprint density at radius 3 is 2.50 bits per heavy atom. The Labute approximate surface area is 146 Å². The monoisotopic (exact) mass is 438 g/mol. The van der Waals surface area contributed by atoms with Gasteiger partial charge in [0.15, 0.2) is 0 Å². The predicted octanol–water partition coefficient (Wildman–Crippen LogP) is 5.51. The molecule has 0 aliphatic heterocycles. The van der Waals surface area contributed by atoms with Gasteiger partial charge in [0, 0.05) is 12.3 Å². The molecule has 1 aliphatic carbocycles. The maximum absolute atomic E-state index is 6.21. The lowest BCUT2D eigenvalue weighted by Gasteiger charge is -2.08. The minimum Gasteiger partial charge on any atom is -0.236 e. The molecule has 2 aromatic rings. The van der Waals surface area contributed by atoms with Crippen molar-refractivity contribution in [1.82, 2.24) is 9.97 Å². The van der Waals surface area contributed by atoms with Crippen LogP contribution < -0.4 is 0 Å². The third-order valence-corrected chi connectivity index (χ3v) is 5.59. The van der Waals surface area contributed by atoms with E-state index in [1.807, 2.05) is 12.1 Å². The number of benzene rings is 1. The van der Waals surface area contributed by atoms with Crippen molar-refractivity contribution < 1.29 is 0 Å². The number of rotatable bonds is 3. The smallest absolute Gasteiger partial charge is 0.146 e. The highest BCUT2D eigenvalue weighted by Crippen LogP contribution is 2.42. The van der Waals surface area contributed by atoms with Gasteiger partial charge in [-0.1, -0.05) is 40.9 Å². The zero-order chi connectivity index (χ0) is 14.3. The maximum atomic E-state index is 6.21. The van der Waals surface area contributed by atoms with Crippen molar-refractivity contribution in [1.29, 1.82) is 0 Å². The second-order valence-corrected chi connectivity index (χ2v) is 7.08. The van der Waals surface area contributed by atoms with Crippen molar-refractivity contribution >= 4 is 57.4 Å². The molecule has 1 aliphatic rings. The van der Waals surface area contributed by atoms with Gasteiger partial charge in [0.05, 0.1) is 19.3 Å². The first-order chi connectivity index (χ1) is 9.54. The van der Waals surface area contributed by atoms with Crippen LogP contribution in [-0.4, -0.2) is 9.97 Å². The first-order valence-corrected chi connectivity index (χ1v) is 8.41. The summed E-state index contributed by atoms with van der Waals surface area (Å²) < 4.78 is 0.977. The Hall–Kier alpha value is -0.100. The molecule has 2 nitrogen and oxygen atoms in total. The Bertz CT molecular complexity index is 672. The van der Waals surface area contributed by atoms with Crippen LogP contribution in [0.2, 0.25) is 15.2 Å². The molecule has 0 saturated heterocycles. The number of hydrogen-bond acceptors (Lipinski definition) is 2. The first-order valence-electron chi connectivity index (χ1n) is 6.20. The largest absolute Gasteiger partial charge is 0.236 e. The van der Waals surface area contributed by atoms with Crippen LogP contribution in [0.3, 0.4) is 0 Å². The second-order valence-electron chi connectivity index (χ2n) is 4.83. The molecule has 1 heterocycles. The molecule has 1 fully saturated rings. The van der Waals surface area contributed by atoms with E-state index in [2.05, 4.69) is 32.6 Å². The summed E-state index contributed by atoms with van der Waals surface area (Å²) >= 11 is 20.4. The summed E-state index contributed by atoms with van der Waals surface area (Å²) in [5.74, 6) is 1.28. The first kappa shape index (κ1) is 14.8. The average molecular weight is 440 g/mol. The van der Waals surface area contributed by atoms with E-state index in [0.29, 0.717) is 27.5 Å². The van der Waals surface area contributed by atoms with Crippen molar-refractivity contribution in [3.63, 3.8) is 0 Å². The summed E-state index contributed by atoms with van der Waals surface area (Å²) in [7, 11) is 0. The van der Waals surface area contributed by atoms with Crippen molar-refractivity contribution in [2.24, 2.45) is 0 Å². The molecule has 0 N–H and O–H groups in total. The van der Waals surface area contributed by atoms with Gasteiger partial charge in [-0.25, -0.2) is 9.97 Å². The quantitative estimate of drug-likeness (QED) is 0.466. The van der Waals surface area contributed by atoms with E-state index in [1.165, 1.54) is 12.8 Å². The third-order valence-electron chi connectivity index (χ3n) is 3.19. The zero-order valence-corrected chi connectivity index (χ0v) is 14.8. The number of nitrogens with zero attached hydrogens (tertiary/aromatic N) is 2. The van der Waals surface area contributed by atoms with Crippen LogP contribution in [0.1, 0.15) is 35.8 Å². The van der Waals surface area contributed by atoms with E-state index in [1.54, 1.807) is 6.07 Å². The van der Waals surface area contributed by atoms with Gasteiger partial charge in [0.2, 0.25) is 0 Å². The molecule has 0 bridgehead atoms. The maximum Gasteiger partial charge on any atom is 0.146 e. The van der Waals surface area contributed by atoms with Crippen LogP contribution in [-0.2, 0) is 6.42 Å². The Morgan fingerprint density at radius 1 is 1.10 bits per heavy atom.